The van der Waals surface area contributed by atoms with E-state index in [1.165, 1.54) is 0 Å². The number of carbonyl (C=O) groups is 1. The van der Waals surface area contributed by atoms with Gasteiger partial charge in [-0.25, -0.2) is 0 Å². The lowest BCUT2D eigenvalue weighted by atomic mass is 10.1. The summed E-state index contributed by atoms with van der Waals surface area (Å²) in [6.07, 6.45) is 1.75. The Bertz CT molecular complexity index is 611. The lowest BCUT2D eigenvalue weighted by molar-refractivity contribution is 0.0879. The summed E-state index contributed by atoms with van der Waals surface area (Å²) in [4.78, 5) is 11.2. The van der Waals surface area contributed by atoms with Gasteiger partial charge in [-0.2, -0.15) is 0 Å². The first-order valence-electron chi connectivity index (χ1n) is 7.26. The van der Waals surface area contributed by atoms with E-state index in [1.54, 1.807) is 0 Å². The van der Waals surface area contributed by atoms with Gasteiger partial charge in [0.15, 0.2) is 6.29 Å². The van der Waals surface area contributed by atoms with Crippen molar-refractivity contribution in [2.24, 2.45) is 0 Å². The zero-order chi connectivity index (χ0) is 15.8. The van der Waals surface area contributed by atoms with Gasteiger partial charge in [0.05, 0.1) is 22.3 Å². The zero-order valence-electron chi connectivity index (χ0n) is 12.5. The monoisotopic (exact) mass is 410 g/mol. The minimum absolute atomic E-state index is 0.426. The maximum absolute atomic E-state index is 11.2. The molecular formula is C18H19IO3. The predicted molar refractivity (Wildman–Crippen MR) is 95.5 cm³/mol. The number of hydrogen-bond acceptors (Lipinski definition) is 3. The van der Waals surface area contributed by atoms with Gasteiger partial charge in [0, 0.05) is 0 Å². The van der Waals surface area contributed by atoms with E-state index in [0.717, 1.165) is 27.4 Å². The SMILES string of the molecule is CCc1cc(I)c(OCCOCc2ccccc2)c(C=O)c1. The molecule has 3 nitrogen and oxygen atoms in total. The first kappa shape index (κ1) is 17.0. The third kappa shape index (κ3) is 4.81. The smallest absolute Gasteiger partial charge is 0.153 e. The van der Waals surface area contributed by atoms with Crippen LogP contribution in [0.4, 0.5) is 0 Å². The van der Waals surface area contributed by atoms with Crippen molar-refractivity contribution in [3.05, 3.63) is 62.7 Å². The van der Waals surface area contributed by atoms with Crippen LogP contribution in [0.25, 0.3) is 0 Å². The molecular weight excluding hydrogens is 391 g/mol. The van der Waals surface area contributed by atoms with E-state index < -0.39 is 0 Å². The molecule has 0 spiro atoms. The fourth-order valence-corrected chi connectivity index (χ4v) is 2.95. The van der Waals surface area contributed by atoms with Gasteiger partial charge in [0.1, 0.15) is 12.4 Å². The van der Waals surface area contributed by atoms with Gasteiger partial charge in [-0.05, 0) is 52.3 Å². The fraction of sp³-hybridized carbons (Fsp3) is 0.278. The zero-order valence-corrected chi connectivity index (χ0v) is 14.7. The molecule has 0 heterocycles. The number of carbonyl (C=O) groups excluding carboxylic acids is 1. The minimum atomic E-state index is 0.426. The summed E-state index contributed by atoms with van der Waals surface area (Å²) in [6, 6.07) is 13.9. The number of rotatable bonds is 8. The maximum atomic E-state index is 11.2. The van der Waals surface area contributed by atoms with Crippen LogP contribution in [-0.2, 0) is 17.8 Å². The van der Waals surface area contributed by atoms with E-state index >= 15 is 0 Å². The third-order valence-electron chi connectivity index (χ3n) is 3.25. The third-order valence-corrected chi connectivity index (χ3v) is 4.05. The highest BCUT2D eigenvalue weighted by Gasteiger charge is 2.09. The molecule has 116 valence electrons. The Morgan fingerprint density at radius 1 is 1.09 bits per heavy atom. The lowest BCUT2D eigenvalue weighted by Gasteiger charge is -2.12. The molecule has 0 bridgehead atoms. The number of aryl methyl sites for hydroxylation is 1. The summed E-state index contributed by atoms with van der Waals surface area (Å²) < 4.78 is 12.3. The van der Waals surface area contributed by atoms with Crippen LogP contribution < -0.4 is 4.74 Å². The summed E-state index contributed by atoms with van der Waals surface area (Å²) in [5.41, 5.74) is 2.88. The van der Waals surface area contributed by atoms with Crippen molar-refractivity contribution in [1.82, 2.24) is 0 Å². The van der Waals surface area contributed by atoms with Gasteiger partial charge < -0.3 is 9.47 Å². The molecule has 2 aromatic rings. The summed E-state index contributed by atoms with van der Waals surface area (Å²) >= 11 is 2.20. The molecule has 0 amide bonds. The molecule has 2 rings (SSSR count). The molecule has 0 saturated heterocycles. The van der Waals surface area contributed by atoms with Crippen LogP contribution in [0.5, 0.6) is 5.75 Å². The van der Waals surface area contributed by atoms with Crippen molar-refractivity contribution in [3.8, 4) is 5.75 Å². The van der Waals surface area contributed by atoms with E-state index in [0.29, 0.717) is 31.1 Å². The second-order valence-corrected chi connectivity index (χ2v) is 6.02. The van der Waals surface area contributed by atoms with Gasteiger partial charge in [-0.3, -0.25) is 4.79 Å². The summed E-state index contributed by atoms with van der Waals surface area (Å²) in [5, 5.41) is 0. The van der Waals surface area contributed by atoms with Gasteiger partial charge in [-0.1, -0.05) is 37.3 Å². The number of aldehydes is 1. The van der Waals surface area contributed by atoms with E-state index in [2.05, 4.69) is 29.5 Å². The molecule has 0 aliphatic heterocycles. The first-order valence-corrected chi connectivity index (χ1v) is 8.34. The molecule has 2 aromatic carbocycles. The Kier molecular flexibility index (Phi) is 6.86. The molecule has 0 atom stereocenters. The standard InChI is InChI=1S/C18H19IO3/c1-2-14-10-16(12-20)18(17(19)11-14)22-9-8-21-13-15-6-4-3-5-7-15/h3-7,10-12H,2,8-9,13H2,1H3. The van der Waals surface area contributed by atoms with Crippen molar-refractivity contribution < 1.29 is 14.3 Å². The number of halogens is 1. The highest BCUT2D eigenvalue weighted by Crippen LogP contribution is 2.26. The van der Waals surface area contributed by atoms with Gasteiger partial charge in [-0.15, -0.1) is 0 Å². The first-order chi connectivity index (χ1) is 10.7. The fourth-order valence-electron chi connectivity index (χ4n) is 2.08. The lowest BCUT2D eigenvalue weighted by Crippen LogP contribution is -2.09. The normalized spacial score (nSPS) is 10.5. The number of benzene rings is 2. The van der Waals surface area contributed by atoms with E-state index in [1.807, 2.05) is 42.5 Å². The summed E-state index contributed by atoms with van der Waals surface area (Å²) in [7, 11) is 0. The van der Waals surface area contributed by atoms with E-state index in [4.69, 9.17) is 9.47 Å². The van der Waals surface area contributed by atoms with Crippen LogP contribution in [0.2, 0.25) is 0 Å². The quantitative estimate of drug-likeness (QED) is 0.371. The van der Waals surface area contributed by atoms with E-state index in [-0.39, 0.29) is 0 Å². The van der Waals surface area contributed by atoms with Crippen molar-refractivity contribution in [3.63, 3.8) is 0 Å². The van der Waals surface area contributed by atoms with Crippen molar-refractivity contribution in [2.45, 2.75) is 20.0 Å². The largest absolute Gasteiger partial charge is 0.489 e. The molecule has 0 aliphatic carbocycles. The Hall–Kier alpha value is -1.40. The Balaban J connectivity index is 1.85. The number of hydrogen-bond donors (Lipinski definition) is 0. The van der Waals surface area contributed by atoms with Crippen LogP contribution in [0.3, 0.4) is 0 Å². The molecule has 0 N–H and O–H groups in total. The van der Waals surface area contributed by atoms with Crippen LogP contribution in [0, 0.1) is 3.57 Å². The molecule has 0 fully saturated rings. The molecule has 4 heteroatoms. The second-order valence-electron chi connectivity index (χ2n) is 4.85. The summed E-state index contributed by atoms with van der Waals surface area (Å²) in [6.45, 7) is 3.54. The Morgan fingerprint density at radius 3 is 2.55 bits per heavy atom. The Labute approximate surface area is 144 Å². The van der Waals surface area contributed by atoms with Crippen LogP contribution in [0.1, 0.15) is 28.4 Å². The van der Waals surface area contributed by atoms with Crippen molar-refractivity contribution in [2.75, 3.05) is 13.2 Å². The predicted octanol–water partition coefficient (Wildman–Crippen LogP) is 4.26. The highest BCUT2D eigenvalue weighted by atomic mass is 127. The minimum Gasteiger partial charge on any atom is -0.489 e. The molecule has 0 aliphatic rings. The topological polar surface area (TPSA) is 35.5 Å². The average Bonchev–Trinajstić information content (AvgIpc) is 2.56. The maximum Gasteiger partial charge on any atom is 0.153 e. The number of ether oxygens (including phenoxy) is 2. The summed E-state index contributed by atoms with van der Waals surface area (Å²) in [5.74, 6) is 0.649. The van der Waals surface area contributed by atoms with Gasteiger partial charge in [0.2, 0.25) is 0 Å². The van der Waals surface area contributed by atoms with Crippen LogP contribution >= 0.6 is 22.6 Å². The van der Waals surface area contributed by atoms with Crippen molar-refractivity contribution in [1.29, 1.82) is 0 Å². The van der Waals surface area contributed by atoms with Crippen molar-refractivity contribution >= 4 is 28.9 Å². The molecule has 0 saturated carbocycles. The molecule has 0 aromatic heterocycles. The van der Waals surface area contributed by atoms with Crippen LogP contribution in [-0.4, -0.2) is 19.5 Å². The molecule has 22 heavy (non-hydrogen) atoms. The second kappa shape index (κ2) is 8.90. The van der Waals surface area contributed by atoms with Crippen LogP contribution in [0.15, 0.2) is 42.5 Å². The van der Waals surface area contributed by atoms with Gasteiger partial charge >= 0.3 is 0 Å². The van der Waals surface area contributed by atoms with Gasteiger partial charge in [0.25, 0.3) is 0 Å². The highest BCUT2D eigenvalue weighted by molar-refractivity contribution is 14.1. The molecule has 0 radical (unpaired) electrons. The molecule has 0 unspecified atom stereocenters. The van der Waals surface area contributed by atoms with E-state index in [9.17, 15) is 4.79 Å². The average molecular weight is 410 g/mol. The Morgan fingerprint density at radius 2 is 1.86 bits per heavy atom.